The Balaban J connectivity index is 2.40. The lowest BCUT2D eigenvalue weighted by Gasteiger charge is -2.11. The van der Waals surface area contributed by atoms with Gasteiger partial charge in [-0.2, -0.15) is 0 Å². The minimum absolute atomic E-state index is 0.740. The van der Waals surface area contributed by atoms with Crippen molar-refractivity contribution in [3.8, 4) is 0 Å². The first-order chi connectivity index (χ1) is 8.24. The zero-order chi connectivity index (χ0) is 12.5. The molecule has 0 spiro atoms. The quantitative estimate of drug-likeness (QED) is 0.525. The predicted octanol–water partition coefficient (Wildman–Crippen LogP) is 5.41. The third kappa shape index (κ3) is 5.91. The fourth-order valence-electron chi connectivity index (χ4n) is 2.19. The van der Waals surface area contributed by atoms with E-state index in [1.165, 1.54) is 49.7 Å². The Bertz CT molecular complexity index is 299. The van der Waals surface area contributed by atoms with Crippen molar-refractivity contribution in [1.82, 2.24) is 0 Å². The molecule has 0 fully saturated rings. The molecule has 0 bridgehead atoms. The molecule has 1 aromatic rings. The van der Waals surface area contributed by atoms with Crippen LogP contribution in [0, 0.1) is 12.3 Å². The van der Waals surface area contributed by atoms with Gasteiger partial charge in [-0.25, -0.2) is 0 Å². The Morgan fingerprint density at radius 1 is 1.06 bits per heavy atom. The van der Waals surface area contributed by atoms with Gasteiger partial charge in [-0.15, -0.1) is 0 Å². The van der Waals surface area contributed by atoms with E-state index in [1.807, 2.05) is 0 Å². The molecule has 1 rings (SSSR count). The van der Waals surface area contributed by atoms with Gasteiger partial charge in [0.15, 0.2) is 0 Å². The topological polar surface area (TPSA) is 0 Å². The second-order valence-corrected chi connectivity index (χ2v) is 5.35. The summed E-state index contributed by atoms with van der Waals surface area (Å²) in [6.45, 7) is 6.84. The van der Waals surface area contributed by atoms with Gasteiger partial charge >= 0.3 is 0 Å². The van der Waals surface area contributed by atoms with Crippen LogP contribution in [0.1, 0.15) is 64.0 Å². The van der Waals surface area contributed by atoms with Crippen LogP contribution in [0.4, 0.5) is 0 Å². The molecule has 0 saturated heterocycles. The molecule has 0 unspecified atom stereocenters. The summed E-state index contributed by atoms with van der Waals surface area (Å²) in [5.41, 5.74) is 2.97. The third-order valence-corrected chi connectivity index (χ3v) is 3.11. The smallest absolute Gasteiger partial charge is 0.00903 e. The monoisotopic (exact) mass is 231 g/mol. The molecule has 0 atom stereocenters. The van der Waals surface area contributed by atoms with Crippen molar-refractivity contribution < 1.29 is 0 Å². The first-order valence-corrected chi connectivity index (χ1v) is 7.15. The van der Waals surface area contributed by atoms with Crippen molar-refractivity contribution in [2.45, 2.75) is 59.3 Å². The zero-order valence-electron chi connectivity index (χ0n) is 11.7. The van der Waals surface area contributed by atoms with E-state index < -0.39 is 0 Å². The number of hydrogen-bond donors (Lipinski definition) is 0. The summed E-state index contributed by atoms with van der Waals surface area (Å²) in [6.07, 6.45) is 10.3. The summed E-state index contributed by atoms with van der Waals surface area (Å²) in [5, 5.41) is 0. The van der Waals surface area contributed by atoms with E-state index >= 15 is 0 Å². The molecule has 1 radical (unpaired) electrons. The molecule has 0 aliphatic carbocycles. The molecule has 0 aliphatic rings. The molecule has 1 aromatic carbocycles. The van der Waals surface area contributed by atoms with Crippen LogP contribution in [-0.2, 0) is 6.42 Å². The summed E-state index contributed by atoms with van der Waals surface area (Å²) in [7, 11) is 0. The number of hydrogen-bond acceptors (Lipinski definition) is 0. The molecule has 17 heavy (non-hydrogen) atoms. The molecule has 0 aromatic heterocycles. The average molecular weight is 231 g/mol. The Hall–Kier alpha value is -0.780. The van der Waals surface area contributed by atoms with Crippen molar-refractivity contribution in [2.75, 3.05) is 0 Å². The second kappa shape index (κ2) is 8.33. The molecule has 0 aliphatic heterocycles. The molecule has 0 heterocycles. The van der Waals surface area contributed by atoms with E-state index in [2.05, 4.69) is 51.5 Å². The first-order valence-electron chi connectivity index (χ1n) is 7.15. The maximum absolute atomic E-state index is 2.42. The Labute approximate surface area is 107 Å². The Morgan fingerprint density at radius 3 is 2.53 bits per heavy atom. The number of rotatable bonds is 8. The minimum atomic E-state index is 0.740. The minimum Gasteiger partial charge on any atom is -0.0654 e. The van der Waals surface area contributed by atoms with Crippen LogP contribution in [0.15, 0.2) is 24.3 Å². The lowest BCUT2D eigenvalue weighted by Crippen LogP contribution is -1.98. The molecule has 0 nitrogen and oxygen atoms in total. The first kappa shape index (κ1) is 14.3. The van der Waals surface area contributed by atoms with Crippen molar-refractivity contribution in [2.24, 2.45) is 5.92 Å². The van der Waals surface area contributed by atoms with E-state index in [1.54, 1.807) is 0 Å². The number of benzene rings is 1. The van der Waals surface area contributed by atoms with Crippen LogP contribution < -0.4 is 0 Å². The van der Waals surface area contributed by atoms with E-state index in [0.717, 1.165) is 5.92 Å². The van der Waals surface area contributed by atoms with Crippen LogP contribution >= 0.6 is 0 Å². The molecule has 0 N–H and O–H groups in total. The summed E-state index contributed by atoms with van der Waals surface area (Å²) < 4.78 is 0. The van der Waals surface area contributed by atoms with Crippen LogP contribution in [0.2, 0.25) is 0 Å². The number of unbranched alkanes of at least 4 members (excludes halogenated alkanes) is 4. The molecular weight excluding hydrogens is 204 g/mol. The fourth-order valence-corrected chi connectivity index (χ4v) is 2.19. The second-order valence-electron chi connectivity index (χ2n) is 5.35. The van der Waals surface area contributed by atoms with Gasteiger partial charge in [0.1, 0.15) is 0 Å². The molecule has 0 saturated carbocycles. The largest absolute Gasteiger partial charge is 0.0654 e. The highest BCUT2D eigenvalue weighted by molar-refractivity contribution is 5.33. The fraction of sp³-hybridized carbons (Fsp3) is 0.588. The Kier molecular flexibility index (Phi) is 7.00. The highest BCUT2D eigenvalue weighted by Crippen LogP contribution is 2.18. The van der Waals surface area contributed by atoms with Crippen LogP contribution in [-0.4, -0.2) is 0 Å². The van der Waals surface area contributed by atoms with Gasteiger partial charge in [0.25, 0.3) is 0 Å². The van der Waals surface area contributed by atoms with Crippen LogP contribution in [0.5, 0.6) is 0 Å². The lowest BCUT2D eigenvalue weighted by atomic mass is 9.95. The highest BCUT2D eigenvalue weighted by Gasteiger charge is 2.04. The molecule has 0 amide bonds. The standard InChI is InChI=1S/C17H27/c1-4-5-6-7-8-11-16-12-9-10-13-17(16)14-15(2)3/h9-13,15H,4-8,14H2,1-3H3. The van der Waals surface area contributed by atoms with Gasteiger partial charge in [0.05, 0.1) is 0 Å². The predicted molar refractivity (Wildman–Crippen MR) is 77.1 cm³/mol. The van der Waals surface area contributed by atoms with Gasteiger partial charge in [-0.05, 0) is 36.3 Å². The summed E-state index contributed by atoms with van der Waals surface area (Å²) >= 11 is 0. The summed E-state index contributed by atoms with van der Waals surface area (Å²) in [5.74, 6) is 0.740. The highest BCUT2D eigenvalue weighted by atomic mass is 14.1. The van der Waals surface area contributed by atoms with E-state index in [4.69, 9.17) is 0 Å². The van der Waals surface area contributed by atoms with Crippen LogP contribution in [0.3, 0.4) is 0 Å². The van der Waals surface area contributed by atoms with Gasteiger partial charge in [-0.1, -0.05) is 70.7 Å². The van der Waals surface area contributed by atoms with Gasteiger partial charge in [0.2, 0.25) is 0 Å². The van der Waals surface area contributed by atoms with E-state index in [-0.39, 0.29) is 0 Å². The average Bonchev–Trinajstić information content (AvgIpc) is 2.30. The normalized spacial score (nSPS) is 11.1. The van der Waals surface area contributed by atoms with Crippen molar-refractivity contribution in [1.29, 1.82) is 0 Å². The van der Waals surface area contributed by atoms with Gasteiger partial charge in [-0.3, -0.25) is 0 Å². The maximum Gasteiger partial charge on any atom is -0.00903 e. The lowest BCUT2D eigenvalue weighted by molar-refractivity contribution is 0.641. The van der Waals surface area contributed by atoms with Gasteiger partial charge in [0, 0.05) is 0 Å². The SMILES string of the molecule is CCCCCC[CH]c1ccccc1CC(C)C. The van der Waals surface area contributed by atoms with E-state index in [9.17, 15) is 0 Å². The summed E-state index contributed by atoms with van der Waals surface area (Å²) in [4.78, 5) is 0. The summed E-state index contributed by atoms with van der Waals surface area (Å²) in [6, 6.07) is 8.85. The Morgan fingerprint density at radius 2 is 1.82 bits per heavy atom. The molecular formula is C17H27. The maximum atomic E-state index is 2.42. The van der Waals surface area contributed by atoms with E-state index in [0.29, 0.717) is 0 Å². The molecule has 0 heteroatoms. The third-order valence-electron chi connectivity index (χ3n) is 3.11. The van der Waals surface area contributed by atoms with Crippen LogP contribution in [0.25, 0.3) is 0 Å². The molecule has 95 valence electrons. The van der Waals surface area contributed by atoms with Crippen molar-refractivity contribution in [3.63, 3.8) is 0 Å². The van der Waals surface area contributed by atoms with Crippen molar-refractivity contribution >= 4 is 0 Å². The zero-order valence-corrected chi connectivity index (χ0v) is 11.7. The van der Waals surface area contributed by atoms with Crippen molar-refractivity contribution in [3.05, 3.63) is 41.8 Å². The van der Waals surface area contributed by atoms with Gasteiger partial charge < -0.3 is 0 Å².